The first-order chi connectivity index (χ1) is 23.2. The topological polar surface area (TPSA) is 27.1 Å². The third-order valence-corrected chi connectivity index (χ3v) is 10.3. The van der Waals surface area contributed by atoms with Gasteiger partial charge in [0.2, 0.25) is 11.4 Å². The lowest BCUT2D eigenvalue weighted by molar-refractivity contribution is 0.423. The van der Waals surface area contributed by atoms with E-state index in [-0.39, 0.29) is 5.41 Å². The molecule has 0 aliphatic carbocycles. The van der Waals surface area contributed by atoms with Crippen molar-refractivity contribution in [3.05, 3.63) is 151 Å². The SMILES string of the molecule is CC(C)c1cccc([N@+]23[CH-][N+]2(c2cccc(Oc4ccc5c6ccccc6n(-c6cc(C(C)(C)C)ccn6)c5c4)c2)c2ccccc23)c1. The summed E-state index contributed by atoms with van der Waals surface area (Å²) in [7, 11) is 0. The summed E-state index contributed by atoms with van der Waals surface area (Å²) in [5.74, 6) is 2.98. The number of para-hydroxylation sites is 3. The highest BCUT2D eigenvalue weighted by Crippen LogP contribution is 2.75. The van der Waals surface area contributed by atoms with Crippen molar-refractivity contribution >= 4 is 44.6 Å². The lowest BCUT2D eigenvalue weighted by Gasteiger charge is -2.40. The molecule has 4 heterocycles. The lowest BCUT2D eigenvalue weighted by atomic mass is 9.88. The highest BCUT2D eigenvalue weighted by molar-refractivity contribution is 6.09. The van der Waals surface area contributed by atoms with Crippen molar-refractivity contribution in [1.29, 1.82) is 0 Å². The van der Waals surface area contributed by atoms with Crippen LogP contribution in [0.25, 0.3) is 27.6 Å². The average Bonchev–Trinajstić information content (AvgIpc) is 3.59. The standard InChI is InChI=1S/C43H39N4O/c1-29(2)30-12-10-13-32(24-30)46-28-47(46,41-19-9-8-18-40(41)46)33-14-11-15-34(26-33)48-35-20-21-37-36-16-6-7-17-38(36)45(39(37)27-35)42-25-31(22-23-44-42)43(3,4)5/h6-29H,1-5H3/q+1/t46-,47?/m0/s1. The number of hydrogen-bond acceptors (Lipinski definition) is 2. The monoisotopic (exact) mass is 627 g/mol. The summed E-state index contributed by atoms with van der Waals surface area (Å²) in [6.07, 6.45) is 1.92. The molecule has 9 rings (SSSR count). The molecule has 2 atom stereocenters. The molecule has 0 bridgehead atoms. The molecule has 236 valence electrons. The first kappa shape index (κ1) is 29.0. The first-order valence-electron chi connectivity index (χ1n) is 16.8. The number of hydrogen-bond donors (Lipinski definition) is 0. The van der Waals surface area contributed by atoms with Gasteiger partial charge in [0, 0.05) is 59.4 Å². The predicted octanol–water partition coefficient (Wildman–Crippen LogP) is 11.7. The van der Waals surface area contributed by atoms with Gasteiger partial charge in [0.1, 0.15) is 17.3 Å². The van der Waals surface area contributed by atoms with Crippen molar-refractivity contribution < 1.29 is 4.74 Å². The van der Waals surface area contributed by atoms with Gasteiger partial charge >= 0.3 is 0 Å². The van der Waals surface area contributed by atoms with Crippen LogP contribution >= 0.6 is 0 Å². The molecular weight excluding hydrogens is 589 g/mol. The molecule has 0 saturated carbocycles. The van der Waals surface area contributed by atoms with Crippen molar-refractivity contribution in [1.82, 2.24) is 18.7 Å². The second-order valence-electron chi connectivity index (χ2n) is 14.5. The minimum absolute atomic E-state index is 0.0151. The maximum Gasteiger partial charge on any atom is 0.225 e. The van der Waals surface area contributed by atoms with Gasteiger partial charge in [-0.25, -0.2) is 4.98 Å². The van der Waals surface area contributed by atoms with E-state index in [4.69, 9.17) is 9.72 Å². The molecular formula is C43H39N4O+. The zero-order valence-corrected chi connectivity index (χ0v) is 28.1. The predicted molar refractivity (Wildman–Crippen MR) is 198 cm³/mol. The van der Waals surface area contributed by atoms with E-state index >= 15 is 0 Å². The Balaban J connectivity index is 1.12. The summed E-state index contributed by atoms with van der Waals surface area (Å²) in [6, 6.07) is 45.8. The van der Waals surface area contributed by atoms with Gasteiger partial charge < -0.3 is 4.74 Å². The number of fused-ring (bicyclic) bond motifs is 7. The Kier molecular flexibility index (Phi) is 6.11. The molecule has 0 radical (unpaired) electrons. The summed E-state index contributed by atoms with van der Waals surface area (Å²) < 4.78 is 10.3. The molecule has 2 aliphatic heterocycles. The highest BCUT2D eigenvalue weighted by Gasteiger charge is 2.77. The Labute approximate surface area is 282 Å². The van der Waals surface area contributed by atoms with Crippen molar-refractivity contribution in [2.45, 2.75) is 46.0 Å². The molecule has 7 aromatic rings. The largest absolute Gasteiger partial charge is 0.457 e. The zero-order chi connectivity index (χ0) is 32.8. The van der Waals surface area contributed by atoms with Gasteiger partial charge in [-0.2, -0.15) is 9.18 Å². The van der Waals surface area contributed by atoms with Gasteiger partial charge in [0.05, 0.1) is 11.0 Å². The van der Waals surface area contributed by atoms with Gasteiger partial charge in [0.25, 0.3) is 0 Å². The van der Waals surface area contributed by atoms with Crippen LogP contribution < -0.4 is 13.9 Å². The van der Waals surface area contributed by atoms with Crippen LogP contribution in [0.4, 0.5) is 22.7 Å². The van der Waals surface area contributed by atoms with Crippen molar-refractivity contribution in [3.8, 4) is 17.3 Å². The van der Waals surface area contributed by atoms with Crippen LogP contribution in [0.1, 0.15) is 51.7 Å². The molecule has 5 nitrogen and oxygen atoms in total. The summed E-state index contributed by atoms with van der Waals surface area (Å²) in [4.78, 5) is 4.85. The van der Waals surface area contributed by atoms with E-state index in [0.29, 0.717) is 15.1 Å². The maximum absolute atomic E-state index is 6.69. The molecule has 0 spiro atoms. The van der Waals surface area contributed by atoms with Crippen LogP contribution in [0.3, 0.4) is 0 Å². The number of benzene rings is 5. The second kappa shape index (κ2) is 10.1. The quantitative estimate of drug-likeness (QED) is 0.104. The summed E-state index contributed by atoms with van der Waals surface area (Å²) in [6.45, 7) is 13.7. The summed E-state index contributed by atoms with van der Waals surface area (Å²) >= 11 is 0. The van der Waals surface area contributed by atoms with Gasteiger partial charge in [-0.05, 0) is 58.9 Å². The Morgan fingerprint density at radius 1 is 0.646 bits per heavy atom. The highest BCUT2D eigenvalue weighted by atomic mass is 16.5. The van der Waals surface area contributed by atoms with E-state index < -0.39 is 0 Å². The van der Waals surface area contributed by atoms with Crippen LogP contribution in [0.2, 0.25) is 0 Å². The molecule has 5 aromatic carbocycles. The van der Waals surface area contributed by atoms with Crippen molar-refractivity contribution in [3.63, 3.8) is 0 Å². The van der Waals surface area contributed by atoms with Crippen LogP contribution in [-0.4, -0.2) is 9.55 Å². The molecule has 2 aliphatic rings. The van der Waals surface area contributed by atoms with E-state index in [2.05, 4.69) is 173 Å². The van der Waals surface area contributed by atoms with Crippen LogP contribution in [0.5, 0.6) is 11.5 Å². The van der Waals surface area contributed by atoms with E-state index in [1.807, 2.05) is 6.20 Å². The van der Waals surface area contributed by atoms with Gasteiger partial charge in [-0.1, -0.05) is 83.1 Å². The third-order valence-electron chi connectivity index (χ3n) is 10.3. The Bertz CT molecular complexity index is 2400. The van der Waals surface area contributed by atoms with E-state index in [9.17, 15) is 0 Å². The molecule has 48 heavy (non-hydrogen) atoms. The fraction of sp³-hybridized carbons (Fsp3) is 0.163. The number of aromatic nitrogens is 2. The third kappa shape index (κ3) is 4.01. The summed E-state index contributed by atoms with van der Waals surface area (Å²) in [5, 5.41) is 2.37. The van der Waals surface area contributed by atoms with E-state index in [1.165, 1.54) is 44.6 Å². The lowest BCUT2D eigenvalue weighted by Crippen LogP contribution is -2.46. The molecule has 1 unspecified atom stereocenters. The fourth-order valence-corrected chi connectivity index (χ4v) is 7.71. The van der Waals surface area contributed by atoms with Crippen LogP contribution in [0, 0.1) is 6.67 Å². The molecule has 5 heteroatoms. The number of nitrogens with zero attached hydrogens (tertiary/aromatic N) is 4. The van der Waals surface area contributed by atoms with Crippen molar-refractivity contribution in [2.24, 2.45) is 0 Å². The number of rotatable bonds is 6. The maximum atomic E-state index is 6.69. The first-order valence-corrected chi connectivity index (χ1v) is 16.8. The average molecular weight is 628 g/mol. The number of ether oxygens (including phenoxy) is 1. The minimum atomic E-state index is 0.0151. The molecule has 1 fully saturated rings. The normalized spacial score (nSPS) is 19.6. The van der Waals surface area contributed by atoms with Crippen LogP contribution in [-0.2, 0) is 5.41 Å². The second-order valence-corrected chi connectivity index (χ2v) is 14.5. The minimum Gasteiger partial charge on any atom is -0.457 e. The van der Waals surface area contributed by atoms with Crippen LogP contribution in [0.15, 0.2) is 134 Å². The smallest absolute Gasteiger partial charge is 0.225 e. The van der Waals surface area contributed by atoms with E-state index in [0.717, 1.165) is 28.4 Å². The van der Waals surface area contributed by atoms with Gasteiger partial charge in [-0.3, -0.25) is 4.57 Å². The fourth-order valence-electron chi connectivity index (χ4n) is 7.71. The summed E-state index contributed by atoms with van der Waals surface area (Å²) in [5.41, 5.74) is 9.92. The molecule has 0 N–H and O–H groups in total. The van der Waals surface area contributed by atoms with Crippen molar-refractivity contribution in [2.75, 3.05) is 0 Å². The molecule has 2 aromatic heterocycles. The number of pyridine rings is 1. The zero-order valence-electron chi connectivity index (χ0n) is 28.1. The Hall–Kier alpha value is -5.23. The Morgan fingerprint density at radius 2 is 1.31 bits per heavy atom. The van der Waals surface area contributed by atoms with Gasteiger partial charge in [-0.15, -0.1) is 0 Å². The van der Waals surface area contributed by atoms with E-state index in [1.54, 1.807) is 0 Å². The van der Waals surface area contributed by atoms with Gasteiger partial charge in [0.15, 0.2) is 18.0 Å². The Morgan fingerprint density at radius 3 is 2.06 bits per heavy atom. The number of quaternary nitrogens is 2. The molecule has 0 amide bonds. The molecule has 1 saturated heterocycles.